The molecule has 102 valence electrons. The Morgan fingerprint density at radius 2 is 1.43 bits per heavy atom. The van der Waals surface area contributed by atoms with E-state index in [4.69, 9.17) is 6.42 Å². The Morgan fingerprint density at radius 1 is 0.952 bits per heavy atom. The van der Waals surface area contributed by atoms with Crippen LogP contribution in [0.1, 0.15) is 29.2 Å². The highest BCUT2D eigenvalue weighted by Gasteiger charge is 1.97. The summed E-state index contributed by atoms with van der Waals surface area (Å²) in [5, 5.41) is 0.134. The number of terminal acetylenes is 1. The van der Waals surface area contributed by atoms with E-state index < -0.39 is 0 Å². The number of carbonyl (C=O) groups is 1. The van der Waals surface area contributed by atoms with Crippen LogP contribution in [-0.2, 0) is 10.5 Å². The highest BCUT2D eigenvalue weighted by Crippen LogP contribution is 2.13. The molecular weight excluding hydrogens is 276 g/mol. The maximum Gasteiger partial charge on any atom is 0.186 e. The lowest BCUT2D eigenvalue weighted by molar-refractivity contribution is -0.109. The second-order valence-electron chi connectivity index (χ2n) is 4.45. The normalized spacial score (nSPS) is 9.33. The van der Waals surface area contributed by atoms with Crippen LogP contribution in [-0.4, -0.2) is 5.12 Å². The fraction of sp³-hybridized carbons (Fsp3) is 0.105. The number of hydrogen-bond acceptors (Lipinski definition) is 2. The standard InChI is InChI=1S/C19H14OS/c1-3-16-4-6-17(7-5-16)8-9-18-10-12-19(13-11-18)14-21-15(2)20/h1,4-7,10-13H,14H2,2H3. The molecule has 0 aliphatic carbocycles. The van der Waals surface area contributed by atoms with Gasteiger partial charge in [0.25, 0.3) is 0 Å². The molecule has 2 heteroatoms. The lowest BCUT2D eigenvalue weighted by atomic mass is 10.1. The molecule has 0 saturated heterocycles. The van der Waals surface area contributed by atoms with Gasteiger partial charge in [0.15, 0.2) is 5.12 Å². The van der Waals surface area contributed by atoms with Gasteiger partial charge in [0.1, 0.15) is 0 Å². The molecule has 0 fully saturated rings. The molecule has 0 aliphatic rings. The molecule has 0 aliphatic heterocycles. The van der Waals surface area contributed by atoms with E-state index in [0.717, 1.165) is 22.3 Å². The van der Waals surface area contributed by atoms with Gasteiger partial charge in [-0.3, -0.25) is 4.79 Å². The van der Waals surface area contributed by atoms with Crippen LogP contribution in [0.3, 0.4) is 0 Å². The number of carbonyl (C=O) groups excluding carboxylic acids is 1. The van der Waals surface area contributed by atoms with Crippen molar-refractivity contribution in [2.45, 2.75) is 12.7 Å². The Hall–Kier alpha value is -2.42. The highest BCUT2D eigenvalue weighted by molar-refractivity contribution is 8.12. The molecule has 21 heavy (non-hydrogen) atoms. The monoisotopic (exact) mass is 290 g/mol. The van der Waals surface area contributed by atoms with Crippen molar-refractivity contribution in [3.63, 3.8) is 0 Å². The summed E-state index contributed by atoms with van der Waals surface area (Å²) < 4.78 is 0. The number of hydrogen-bond donors (Lipinski definition) is 0. The average Bonchev–Trinajstić information content (AvgIpc) is 2.52. The quantitative estimate of drug-likeness (QED) is 0.782. The molecule has 2 rings (SSSR count). The molecular formula is C19H14OS. The van der Waals surface area contributed by atoms with Gasteiger partial charge in [0, 0.05) is 29.4 Å². The van der Waals surface area contributed by atoms with Crippen molar-refractivity contribution >= 4 is 16.9 Å². The van der Waals surface area contributed by atoms with E-state index in [1.807, 2.05) is 48.5 Å². The van der Waals surface area contributed by atoms with Gasteiger partial charge in [0.2, 0.25) is 0 Å². The second kappa shape index (κ2) is 7.39. The van der Waals surface area contributed by atoms with Gasteiger partial charge in [-0.15, -0.1) is 6.42 Å². The van der Waals surface area contributed by atoms with Crippen LogP contribution in [0.15, 0.2) is 48.5 Å². The van der Waals surface area contributed by atoms with Crippen molar-refractivity contribution in [2.75, 3.05) is 0 Å². The molecule has 0 amide bonds. The van der Waals surface area contributed by atoms with Gasteiger partial charge < -0.3 is 0 Å². The van der Waals surface area contributed by atoms with Crippen LogP contribution in [0.25, 0.3) is 0 Å². The molecule has 2 aromatic carbocycles. The zero-order chi connectivity index (χ0) is 15.1. The van der Waals surface area contributed by atoms with Crippen molar-refractivity contribution in [3.05, 3.63) is 70.8 Å². The van der Waals surface area contributed by atoms with E-state index in [1.54, 1.807) is 6.92 Å². The zero-order valence-corrected chi connectivity index (χ0v) is 12.5. The minimum Gasteiger partial charge on any atom is -0.288 e. The topological polar surface area (TPSA) is 17.1 Å². The molecule has 0 spiro atoms. The third-order valence-corrected chi connectivity index (χ3v) is 3.68. The van der Waals surface area contributed by atoms with Crippen LogP contribution < -0.4 is 0 Å². The molecule has 0 atom stereocenters. The largest absolute Gasteiger partial charge is 0.288 e. The molecule has 0 aromatic heterocycles. The fourth-order valence-electron chi connectivity index (χ4n) is 1.66. The maximum absolute atomic E-state index is 10.9. The van der Waals surface area contributed by atoms with E-state index in [0.29, 0.717) is 5.75 Å². The van der Waals surface area contributed by atoms with E-state index in [2.05, 4.69) is 17.8 Å². The summed E-state index contributed by atoms with van der Waals surface area (Å²) in [7, 11) is 0. The first-order chi connectivity index (χ1) is 10.2. The average molecular weight is 290 g/mol. The molecule has 0 saturated carbocycles. The van der Waals surface area contributed by atoms with Crippen molar-refractivity contribution in [1.82, 2.24) is 0 Å². The third-order valence-electron chi connectivity index (χ3n) is 2.80. The van der Waals surface area contributed by atoms with Gasteiger partial charge in [-0.05, 0) is 42.0 Å². The van der Waals surface area contributed by atoms with Gasteiger partial charge >= 0.3 is 0 Å². The van der Waals surface area contributed by atoms with Crippen LogP contribution >= 0.6 is 11.8 Å². The summed E-state index contributed by atoms with van der Waals surface area (Å²) in [5.41, 5.74) is 3.87. The lowest BCUT2D eigenvalue weighted by Crippen LogP contribution is -1.86. The van der Waals surface area contributed by atoms with Crippen molar-refractivity contribution in [1.29, 1.82) is 0 Å². The van der Waals surface area contributed by atoms with Gasteiger partial charge in [0.05, 0.1) is 0 Å². The van der Waals surface area contributed by atoms with Crippen molar-refractivity contribution in [3.8, 4) is 24.2 Å². The molecule has 0 bridgehead atoms. The summed E-state index contributed by atoms with van der Waals surface area (Å²) in [5.74, 6) is 9.50. The molecule has 0 heterocycles. The predicted octanol–water partition coefficient (Wildman–Crippen LogP) is 3.85. The fourth-order valence-corrected chi connectivity index (χ4v) is 2.23. The Labute approximate surface area is 129 Å². The Morgan fingerprint density at radius 3 is 1.90 bits per heavy atom. The van der Waals surface area contributed by atoms with E-state index in [9.17, 15) is 4.79 Å². The van der Waals surface area contributed by atoms with E-state index in [-0.39, 0.29) is 5.12 Å². The number of thioether (sulfide) groups is 1. The molecule has 0 radical (unpaired) electrons. The first kappa shape index (κ1) is 15.0. The number of benzene rings is 2. The summed E-state index contributed by atoms with van der Waals surface area (Å²) in [6, 6.07) is 15.5. The molecule has 1 nitrogen and oxygen atoms in total. The summed E-state index contributed by atoms with van der Waals surface area (Å²) in [6.45, 7) is 1.58. The van der Waals surface area contributed by atoms with Gasteiger partial charge in [-0.2, -0.15) is 0 Å². The molecule has 0 unspecified atom stereocenters. The Kier molecular flexibility index (Phi) is 5.27. The minimum atomic E-state index is 0.134. The first-order valence-corrected chi connectivity index (χ1v) is 7.47. The highest BCUT2D eigenvalue weighted by atomic mass is 32.2. The van der Waals surface area contributed by atoms with Crippen LogP contribution in [0.4, 0.5) is 0 Å². The van der Waals surface area contributed by atoms with E-state index >= 15 is 0 Å². The summed E-state index contributed by atoms with van der Waals surface area (Å²) in [6.07, 6.45) is 5.31. The van der Waals surface area contributed by atoms with Crippen molar-refractivity contribution in [2.24, 2.45) is 0 Å². The van der Waals surface area contributed by atoms with E-state index in [1.165, 1.54) is 11.8 Å². The number of rotatable bonds is 2. The molecule has 2 aromatic rings. The lowest BCUT2D eigenvalue weighted by Gasteiger charge is -1.98. The third kappa shape index (κ3) is 4.88. The zero-order valence-electron chi connectivity index (χ0n) is 11.7. The summed E-state index contributed by atoms with van der Waals surface area (Å²) in [4.78, 5) is 10.9. The Balaban J connectivity index is 2.04. The maximum atomic E-state index is 10.9. The van der Waals surface area contributed by atoms with Crippen LogP contribution in [0.5, 0.6) is 0 Å². The first-order valence-electron chi connectivity index (χ1n) is 6.48. The Bertz CT molecular complexity index is 722. The van der Waals surface area contributed by atoms with Gasteiger partial charge in [-0.1, -0.05) is 41.7 Å². The predicted molar refractivity (Wildman–Crippen MR) is 88.8 cm³/mol. The van der Waals surface area contributed by atoms with Crippen molar-refractivity contribution < 1.29 is 4.79 Å². The SMILES string of the molecule is C#Cc1ccc(C#Cc2ccc(CSC(C)=O)cc2)cc1. The van der Waals surface area contributed by atoms with Crippen LogP contribution in [0.2, 0.25) is 0 Å². The van der Waals surface area contributed by atoms with Crippen LogP contribution in [0, 0.1) is 24.2 Å². The smallest absolute Gasteiger partial charge is 0.186 e. The van der Waals surface area contributed by atoms with Gasteiger partial charge in [-0.25, -0.2) is 0 Å². The minimum absolute atomic E-state index is 0.134. The molecule has 0 N–H and O–H groups in total. The summed E-state index contributed by atoms with van der Waals surface area (Å²) >= 11 is 1.31. The second-order valence-corrected chi connectivity index (χ2v) is 5.60.